The van der Waals surface area contributed by atoms with Gasteiger partial charge in [-0.25, -0.2) is 9.18 Å². The summed E-state index contributed by atoms with van der Waals surface area (Å²) in [4.78, 5) is 28.2. The molecule has 2 aliphatic rings. The number of nitrogens with zero attached hydrogens (tertiary/aromatic N) is 2. The smallest absolute Gasteiger partial charge is 0.318 e. The quantitative estimate of drug-likeness (QED) is 0.857. The predicted molar refractivity (Wildman–Crippen MR) is 89.4 cm³/mol. The van der Waals surface area contributed by atoms with Gasteiger partial charge in [0, 0.05) is 38.4 Å². The summed E-state index contributed by atoms with van der Waals surface area (Å²) in [7, 11) is 0. The maximum atomic E-state index is 13.0. The first-order valence-electron chi connectivity index (χ1n) is 8.47. The first kappa shape index (κ1) is 16.5. The number of anilines is 1. The van der Waals surface area contributed by atoms with E-state index >= 15 is 0 Å². The summed E-state index contributed by atoms with van der Waals surface area (Å²) in [6.45, 7) is 3.22. The van der Waals surface area contributed by atoms with Crippen LogP contribution in [0.4, 0.5) is 14.9 Å². The summed E-state index contributed by atoms with van der Waals surface area (Å²) < 4.78 is 13.0. The van der Waals surface area contributed by atoms with Crippen molar-refractivity contribution < 1.29 is 14.0 Å². The van der Waals surface area contributed by atoms with Crippen LogP contribution < -0.4 is 15.5 Å². The highest BCUT2D eigenvalue weighted by atomic mass is 19.1. The van der Waals surface area contributed by atoms with Gasteiger partial charge in [-0.3, -0.25) is 4.79 Å². The van der Waals surface area contributed by atoms with Crippen molar-refractivity contribution in [3.05, 3.63) is 30.1 Å². The molecule has 3 amide bonds. The van der Waals surface area contributed by atoms with E-state index in [0.717, 1.165) is 18.5 Å². The van der Waals surface area contributed by atoms with Crippen LogP contribution in [-0.2, 0) is 4.79 Å². The van der Waals surface area contributed by atoms with Gasteiger partial charge in [-0.2, -0.15) is 0 Å². The molecule has 24 heavy (non-hydrogen) atoms. The lowest BCUT2D eigenvalue weighted by Crippen LogP contribution is -2.55. The summed E-state index contributed by atoms with van der Waals surface area (Å²) in [5.74, 6) is -0.343. The highest BCUT2D eigenvalue weighted by Crippen LogP contribution is 2.17. The summed E-state index contributed by atoms with van der Waals surface area (Å²) in [6, 6.07) is 5.77. The number of urea groups is 1. The Hall–Kier alpha value is -2.31. The van der Waals surface area contributed by atoms with Crippen molar-refractivity contribution in [1.29, 1.82) is 0 Å². The van der Waals surface area contributed by atoms with Crippen LogP contribution in [-0.4, -0.2) is 55.6 Å². The second kappa shape index (κ2) is 7.51. The summed E-state index contributed by atoms with van der Waals surface area (Å²) in [6.07, 6.45) is 2.57. The summed E-state index contributed by atoms with van der Waals surface area (Å²) in [5.41, 5.74) is 0.958. The lowest BCUT2D eigenvalue weighted by molar-refractivity contribution is -0.122. The van der Waals surface area contributed by atoms with Crippen LogP contribution in [0.3, 0.4) is 0 Å². The Kier molecular flexibility index (Phi) is 5.17. The standard InChI is InChI=1S/C17H23FN4O2/c18-13-4-6-14(7-5-13)21-9-11-22(12-10-21)17(24)20-15-3-1-2-8-19-16(15)23/h4-7,15H,1-3,8-12H2,(H,19,23)(H,20,24). The number of nitrogens with one attached hydrogen (secondary N) is 2. The average Bonchev–Trinajstić information content (AvgIpc) is 2.80. The van der Waals surface area contributed by atoms with Gasteiger partial charge < -0.3 is 20.4 Å². The van der Waals surface area contributed by atoms with E-state index in [1.807, 2.05) is 0 Å². The zero-order valence-electron chi connectivity index (χ0n) is 13.6. The van der Waals surface area contributed by atoms with Gasteiger partial charge in [0.1, 0.15) is 11.9 Å². The first-order chi connectivity index (χ1) is 11.6. The summed E-state index contributed by atoms with van der Waals surface area (Å²) >= 11 is 0. The molecule has 2 fully saturated rings. The number of piperazine rings is 1. The molecule has 0 aromatic heterocycles. The van der Waals surface area contributed by atoms with Crippen LogP contribution in [0.15, 0.2) is 24.3 Å². The fourth-order valence-electron chi connectivity index (χ4n) is 3.14. The average molecular weight is 334 g/mol. The third-order valence-electron chi connectivity index (χ3n) is 4.59. The molecule has 2 N–H and O–H groups in total. The zero-order chi connectivity index (χ0) is 16.9. The molecule has 0 saturated carbocycles. The number of halogens is 1. The highest BCUT2D eigenvalue weighted by molar-refractivity contribution is 5.87. The highest BCUT2D eigenvalue weighted by Gasteiger charge is 2.26. The minimum absolute atomic E-state index is 0.0919. The van der Waals surface area contributed by atoms with Crippen LogP contribution in [0, 0.1) is 5.82 Å². The van der Waals surface area contributed by atoms with Crippen LogP contribution in [0.25, 0.3) is 0 Å². The van der Waals surface area contributed by atoms with Gasteiger partial charge in [-0.05, 0) is 43.5 Å². The SMILES string of the molecule is O=C1NCCCCC1NC(=O)N1CCN(c2ccc(F)cc2)CC1. The number of carbonyl (C=O) groups excluding carboxylic acids is 2. The van der Waals surface area contributed by atoms with Crippen molar-refractivity contribution in [2.45, 2.75) is 25.3 Å². The van der Waals surface area contributed by atoms with Crippen LogP contribution in [0.2, 0.25) is 0 Å². The Morgan fingerprint density at radius 3 is 2.54 bits per heavy atom. The van der Waals surface area contributed by atoms with Gasteiger partial charge in [-0.1, -0.05) is 0 Å². The third-order valence-corrected chi connectivity index (χ3v) is 4.59. The second-order valence-corrected chi connectivity index (χ2v) is 6.24. The molecule has 2 heterocycles. The number of benzene rings is 1. The van der Waals surface area contributed by atoms with E-state index in [1.54, 1.807) is 17.0 Å². The summed E-state index contributed by atoms with van der Waals surface area (Å²) in [5, 5.41) is 5.67. The molecule has 0 aliphatic carbocycles. The van der Waals surface area contributed by atoms with E-state index in [4.69, 9.17) is 0 Å². The topological polar surface area (TPSA) is 64.7 Å². The van der Waals surface area contributed by atoms with Crippen molar-refractivity contribution in [3.63, 3.8) is 0 Å². The lowest BCUT2D eigenvalue weighted by atomic mass is 10.1. The van der Waals surface area contributed by atoms with Gasteiger partial charge in [-0.15, -0.1) is 0 Å². The maximum Gasteiger partial charge on any atom is 0.318 e. The Morgan fingerprint density at radius 2 is 1.83 bits per heavy atom. The predicted octanol–water partition coefficient (Wildman–Crippen LogP) is 1.33. The number of amides is 3. The van der Waals surface area contributed by atoms with E-state index in [-0.39, 0.29) is 17.8 Å². The number of hydrogen-bond acceptors (Lipinski definition) is 3. The molecule has 0 bridgehead atoms. The van der Waals surface area contributed by atoms with E-state index in [9.17, 15) is 14.0 Å². The molecular weight excluding hydrogens is 311 g/mol. The Morgan fingerprint density at radius 1 is 1.12 bits per heavy atom. The van der Waals surface area contributed by atoms with Crippen LogP contribution in [0.5, 0.6) is 0 Å². The molecule has 1 unspecified atom stereocenters. The molecule has 7 heteroatoms. The molecule has 1 aromatic carbocycles. The zero-order valence-corrected chi connectivity index (χ0v) is 13.6. The van der Waals surface area contributed by atoms with E-state index in [0.29, 0.717) is 39.1 Å². The van der Waals surface area contributed by atoms with Crippen LogP contribution in [0.1, 0.15) is 19.3 Å². The van der Waals surface area contributed by atoms with E-state index < -0.39 is 6.04 Å². The lowest BCUT2D eigenvalue weighted by Gasteiger charge is -2.36. The first-order valence-corrected chi connectivity index (χ1v) is 8.47. The Balaban J connectivity index is 1.51. The van der Waals surface area contributed by atoms with E-state index in [1.165, 1.54) is 12.1 Å². The molecular formula is C17H23FN4O2. The molecule has 1 atom stereocenters. The minimum Gasteiger partial charge on any atom is -0.368 e. The molecule has 2 saturated heterocycles. The molecule has 6 nitrogen and oxygen atoms in total. The van der Waals surface area contributed by atoms with Gasteiger partial charge in [0.25, 0.3) is 0 Å². The molecule has 2 aliphatic heterocycles. The fraction of sp³-hybridized carbons (Fsp3) is 0.529. The van der Waals surface area contributed by atoms with Crippen molar-refractivity contribution in [1.82, 2.24) is 15.5 Å². The van der Waals surface area contributed by atoms with Crippen molar-refractivity contribution >= 4 is 17.6 Å². The van der Waals surface area contributed by atoms with Gasteiger partial charge >= 0.3 is 6.03 Å². The maximum absolute atomic E-state index is 13.0. The van der Waals surface area contributed by atoms with Gasteiger partial charge in [0.05, 0.1) is 0 Å². The van der Waals surface area contributed by atoms with Gasteiger partial charge in [0.15, 0.2) is 0 Å². The Bertz CT molecular complexity index is 585. The third kappa shape index (κ3) is 3.96. The molecule has 0 spiro atoms. The fourth-order valence-corrected chi connectivity index (χ4v) is 3.14. The molecule has 1 aromatic rings. The van der Waals surface area contributed by atoms with Crippen molar-refractivity contribution in [3.8, 4) is 0 Å². The number of carbonyl (C=O) groups is 2. The second-order valence-electron chi connectivity index (χ2n) is 6.24. The van der Waals surface area contributed by atoms with Crippen LogP contribution >= 0.6 is 0 Å². The minimum atomic E-state index is -0.435. The van der Waals surface area contributed by atoms with Crippen molar-refractivity contribution in [2.24, 2.45) is 0 Å². The monoisotopic (exact) mass is 334 g/mol. The molecule has 0 radical (unpaired) electrons. The van der Waals surface area contributed by atoms with Gasteiger partial charge in [0.2, 0.25) is 5.91 Å². The molecule has 3 rings (SSSR count). The Labute approximate surface area is 141 Å². The van der Waals surface area contributed by atoms with E-state index in [2.05, 4.69) is 15.5 Å². The molecule has 130 valence electrons. The normalized spacial score (nSPS) is 21.9. The largest absolute Gasteiger partial charge is 0.368 e. The number of hydrogen-bond donors (Lipinski definition) is 2. The number of rotatable bonds is 2. The van der Waals surface area contributed by atoms with Crippen molar-refractivity contribution in [2.75, 3.05) is 37.6 Å².